The lowest BCUT2D eigenvalue weighted by molar-refractivity contribution is -0.141. The molecule has 19 heavy (non-hydrogen) atoms. The molecule has 0 spiro atoms. The van der Waals surface area contributed by atoms with Gasteiger partial charge in [0.15, 0.2) is 0 Å². The Hall–Kier alpha value is -0.260. The first-order valence-electron chi connectivity index (χ1n) is 7.02. The van der Waals surface area contributed by atoms with E-state index in [1.807, 2.05) is 0 Å². The van der Waals surface area contributed by atoms with Crippen LogP contribution in [0.2, 0.25) is 0 Å². The summed E-state index contributed by atoms with van der Waals surface area (Å²) in [5.41, 5.74) is 0.139. The van der Waals surface area contributed by atoms with Crippen LogP contribution in [-0.2, 0) is 14.3 Å². The van der Waals surface area contributed by atoms with Crippen molar-refractivity contribution in [2.45, 2.75) is 45.1 Å². The van der Waals surface area contributed by atoms with Gasteiger partial charge in [-0.3, -0.25) is 4.79 Å². The van der Waals surface area contributed by atoms with Crippen molar-refractivity contribution in [2.75, 3.05) is 31.8 Å². The largest absolute Gasteiger partial charge is 0.469 e. The fraction of sp³-hybridized carbons (Fsp3) is 0.929. The van der Waals surface area contributed by atoms with Gasteiger partial charge in [-0.1, -0.05) is 13.3 Å². The zero-order chi connectivity index (χ0) is 14.1. The molecule has 1 saturated carbocycles. The van der Waals surface area contributed by atoms with Crippen LogP contribution in [0.15, 0.2) is 0 Å². The molecule has 5 heteroatoms. The van der Waals surface area contributed by atoms with Crippen molar-refractivity contribution in [1.82, 2.24) is 0 Å². The second-order valence-corrected chi connectivity index (χ2v) is 6.38. The average molecular weight is 290 g/mol. The molecule has 0 bridgehead atoms. The standard InChI is InChI=1S/C14H26O4S/c1-3-4-7-18-9-12(15)10-19-11-14(5-6-14)8-13(16)17-2/h12,15H,3-11H2,1-2H3. The van der Waals surface area contributed by atoms with Gasteiger partial charge in [0.1, 0.15) is 0 Å². The number of aliphatic hydroxyl groups excluding tert-OH is 1. The van der Waals surface area contributed by atoms with Crippen molar-refractivity contribution >= 4 is 17.7 Å². The highest BCUT2D eigenvalue weighted by molar-refractivity contribution is 7.99. The summed E-state index contributed by atoms with van der Waals surface area (Å²) in [5, 5.41) is 9.76. The highest BCUT2D eigenvalue weighted by Gasteiger charge is 2.44. The number of esters is 1. The number of aliphatic hydroxyl groups is 1. The smallest absolute Gasteiger partial charge is 0.306 e. The molecule has 0 saturated heterocycles. The maximum absolute atomic E-state index is 11.3. The third-order valence-corrected chi connectivity index (χ3v) is 4.81. The first-order valence-corrected chi connectivity index (χ1v) is 8.18. The van der Waals surface area contributed by atoms with E-state index in [-0.39, 0.29) is 11.4 Å². The van der Waals surface area contributed by atoms with Crippen LogP contribution < -0.4 is 0 Å². The van der Waals surface area contributed by atoms with Crippen LogP contribution >= 0.6 is 11.8 Å². The van der Waals surface area contributed by atoms with Crippen molar-refractivity contribution in [1.29, 1.82) is 0 Å². The molecule has 1 fully saturated rings. The maximum atomic E-state index is 11.3. The average Bonchev–Trinajstić information content (AvgIpc) is 3.14. The van der Waals surface area contributed by atoms with Gasteiger partial charge in [-0.15, -0.1) is 0 Å². The van der Waals surface area contributed by atoms with Gasteiger partial charge in [0.25, 0.3) is 0 Å². The van der Waals surface area contributed by atoms with Gasteiger partial charge < -0.3 is 14.6 Å². The number of unbranched alkanes of at least 4 members (excludes halogenated alkanes) is 1. The molecule has 0 amide bonds. The van der Waals surface area contributed by atoms with Crippen molar-refractivity contribution < 1.29 is 19.4 Å². The van der Waals surface area contributed by atoms with Gasteiger partial charge >= 0.3 is 5.97 Å². The van der Waals surface area contributed by atoms with Gasteiger partial charge in [0.05, 0.1) is 26.2 Å². The first kappa shape index (κ1) is 16.8. The van der Waals surface area contributed by atoms with Crippen LogP contribution in [0.3, 0.4) is 0 Å². The lowest BCUT2D eigenvalue weighted by Gasteiger charge is -2.15. The lowest BCUT2D eigenvalue weighted by atomic mass is 10.1. The monoisotopic (exact) mass is 290 g/mol. The Morgan fingerprint density at radius 3 is 2.79 bits per heavy atom. The zero-order valence-electron chi connectivity index (χ0n) is 12.0. The number of hydrogen-bond donors (Lipinski definition) is 1. The summed E-state index contributed by atoms with van der Waals surface area (Å²) in [6.45, 7) is 3.26. The fourth-order valence-electron chi connectivity index (χ4n) is 1.85. The van der Waals surface area contributed by atoms with E-state index >= 15 is 0 Å². The van der Waals surface area contributed by atoms with Crippen molar-refractivity contribution in [3.8, 4) is 0 Å². The van der Waals surface area contributed by atoms with E-state index in [1.54, 1.807) is 11.8 Å². The molecular formula is C14H26O4S. The summed E-state index contributed by atoms with van der Waals surface area (Å²) in [7, 11) is 1.43. The molecule has 1 rings (SSSR count). The highest BCUT2D eigenvalue weighted by Crippen LogP contribution is 2.51. The summed E-state index contributed by atoms with van der Waals surface area (Å²) in [6.07, 6.45) is 4.45. The van der Waals surface area contributed by atoms with Gasteiger partial charge in [-0.05, 0) is 30.4 Å². The Kier molecular flexibility index (Phi) is 7.80. The minimum atomic E-state index is -0.407. The van der Waals surface area contributed by atoms with Crippen LogP contribution in [0.25, 0.3) is 0 Å². The van der Waals surface area contributed by atoms with Crippen LogP contribution in [0.5, 0.6) is 0 Å². The molecule has 0 aromatic rings. The first-order chi connectivity index (χ1) is 9.12. The Morgan fingerprint density at radius 1 is 1.47 bits per heavy atom. The molecular weight excluding hydrogens is 264 g/mol. The molecule has 0 aromatic heterocycles. The molecule has 1 unspecified atom stereocenters. The van der Waals surface area contributed by atoms with Crippen molar-refractivity contribution in [3.63, 3.8) is 0 Å². The van der Waals surface area contributed by atoms with E-state index < -0.39 is 6.10 Å². The van der Waals surface area contributed by atoms with E-state index in [1.165, 1.54) is 7.11 Å². The Balaban J connectivity index is 2.04. The number of carbonyl (C=O) groups excluding carboxylic acids is 1. The fourth-order valence-corrected chi connectivity index (χ4v) is 3.16. The molecule has 0 radical (unpaired) electrons. The van der Waals surface area contributed by atoms with Crippen LogP contribution in [0.1, 0.15) is 39.0 Å². The van der Waals surface area contributed by atoms with Gasteiger partial charge in [0, 0.05) is 12.4 Å². The second kappa shape index (κ2) is 8.82. The summed E-state index contributed by atoms with van der Waals surface area (Å²) < 4.78 is 10.1. The minimum absolute atomic E-state index is 0.124. The molecule has 0 aliphatic heterocycles. The van der Waals surface area contributed by atoms with Gasteiger partial charge in [-0.25, -0.2) is 0 Å². The normalized spacial score (nSPS) is 18.1. The van der Waals surface area contributed by atoms with Crippen LogP contribution in [0, 0.1) is 5.41 Å². The molecule has 1 aliphatic carbocycles. The van der Waals surface area contributed by atoms with Crippen molar-refractivity contribution in [3.05, 3.63) is 0 Å². The predicted octanol–water partition coefficient (Wildman–Crippen LogP) is 2.24. The minimum Gasteiger partial charge on any atom is -0.469 e. The number of rotatable bonds is 11. The van der Waals surface area contributed by atoms with Crippen molar-refractivity contribution in [2.24, 2.45) is 5.41 Å². The number of hydrogen-bond acceptors (Lipinski definition) is 5. The van der Waals surface area contributed by atoms with E-state index in [0.29, 0.717) is 18.8 Å². The van der Waals surface area contributed by atoms with E-state index in [4.69, 9.17) is 9.47 Å². The highest BCUT2D eigenvalue weighted by atomic mass is 32.2. The molecule has 1 N–H and O–H groups in total. The molecule has 112 valence electrons. The van der Waals surface area contributed by atoms with E-state index in [0.717, 1.165) is 38.0 Å². The summed E-state index contributed by atoms with van der Waals surface area (Å²) in [5.74, 6) is 1.48. The lowest BCUT2D eigenvalue weighted by Crippen LogP contribution is -2.20. The predicted molar refractivity (Wildman–Crippen MR) is 77.4 cm³/mol. The summed E-state index contributed by atoms with van der Waals surface area (Å²) >= 11 is 1.71. The molecule has 0 aromatic carbocycles. The van der Waals surface area contributed by atoms with E-state index in [9.17, 15) is 9.90 Å². The molecule has 4 nitrogen and oxygen atoms in total. The second-order valence-electron chi connectivity index (χ2n) is 5.35. The molecule has 0 heterocycles. The molecule has 1 atom stereocenters. The Bertz CT molecular complexity index is 266. The third kappa shape index (κ3) is 7.18. The molecule has 1 aliphatic rings. The number of methoxy groups -OCH3 is 1. The quantitative estimate of drug-likeness (QED) is 0.467. The SMILES string of the molecule is CCCCOCC(O)CSCC1(CC(=O)OC)CC1. The summed E-state index contributed by atoms with van der Waals surface area (Å²) in [6, 6.07) is 0. The van der Waals surface area contributed by atoms with Gasteiger partial charge in [-0.2, -0.15) is 11.8 Å². The zero-order valence-corrected chi connectivity index (χ0v) is 12.8. The Labute approximate surface area is 120 Å². The maximum Gasteiger partial charge on any atom is 0.306 e. The van der Waals surface area contributed by atoms with Gasteiger partial charge in [0.2, 0.25) is 0 Å². The number of thioether (sulfide) groups is 1. The van der Waals surface area contributed by atoms with Crippen LogP contribution in [-0.4, -0.2) is 49.0 Å². The third-order valence-electron chi connectivity index (χ3n) is 3.38. The summed E-state index contributed by atoms with van der Waals surface area (Å²) in [4.78, 5) is 11.3. The number of ether oxygens (including phenoxy) is 2. The number of carbonyl (C=O) groups is 1. The van der Waals surface area contributed by atoms with E-state index in [2.05, 4.69) is 6.92 Å². The Morgan fingerprint density at radius 2 is 2.21 bits per heavy atom. The topological polar surface area (TPSA) is 55.8 Å². The van der Waals surface area contributed by atoms with Crippen LogP contribution in [0.4, 0.5) is 0 Å².